The Morgan fingerprint density at radius 3 is 2.67 bits per heavy atom. The predicted molar refractivity (Wildman–Crippen MR) is 58.3 cm³/mol. The Morgan fingerprint density at radius 2 is 2.27 bits per heavy atom. The van der Waals surface area contributed by atoms with Gasteiger partial charge in [-0.1, -0.05) is 26.0 Å². The molecule has 0 saturated heterocycles. The molecule has 86 valence electrons. The summed E-state index contributed by atoms with van der Waals surface area (Å²) in [6.45, 7) is 6.02. The second kappa shape index (κ2) is 4.79. The van der Waals surface area contributed by atoms with Crippen LogP contribution in [-0.2, 0) is 9.53 Å². The van der Waals surface area contributed by atoms with Gasteiger partial charge in [-0.2, -0.15) is 0 Å². The second-order valence-corrected chi connectivity index (χ2v) is 4.41. The molecule has 3 heteroatoms. The summed E-state index contributed by atoms with van der Waals surface area (Å²) in [4.78, 5) is 11.8. The van der Waals surface area contributed by atoms with Gasteiger partial charge in [-0.15, -0.1) is 0 Å². The van der Waals surface area contributed by atoms with Crippen LogP contribution >= 0.6 is 0 Å². The minimum absolute atomic E-state index is 0.0804. The number of allylic oxidation sites excluding steroid dienone is 1. The number of rotatable bonds is 4. The Morgan fingerprint density at radius 1 is 1.60 bits per heavy atom. The molecule has 0 aromatic carbocycles. The molecule has 1 aliphatic carbocycles. The van der Waals surface area contributed by atoms with Gasteiger partial charge in [0, 0.05) is 0 Å². The smallest absolute Gasteiger partial charge is 0.312 e. The first-order valence-corrected chi connectivity index (χ1v) is 5.58. The normalized spacial score (nSPS) is 27.0. The fourth-order valence-electron chi connectivity index (χ4n) is 2.23. The van der Waals surface area contributed by atoms with E-state index in [-0.39, 0.29) is 11.9 Å². The van der Waals surface area contributed by atoms with Crippen LogP contribution in [0.5, 0.6) is 0 Å². The molecule has 1 aliphatic rings. The molecule has 2 atom stereocenters. The fraction of sp³-hybridized carbons (Fsp3) is 0.750. The van der Waals surface area contributed by atoms with E-state index in [1.54, 1.807) is 13.0 Å². The van der Waals surface area contributed by atoms with Crippen molar-refractivity contribution in [3.8, 4) is 0 Å². The average molecular weight is 212 g/mol. The van der Waals surface area contributed by atoms with E-state index in [0.717, 1.165) is 6.42 Å². The highest BCUT2D eigenvalue weighted by atomic mass is 16.5. The van der Waals surface area contributed by atoms with E-state index in [4.69, 9.17) is 4.74 Å². The van der Waals surface area contributed by atoms with Crippen LogP contribution in [0, 0.1) is 11.8 Å². The Hall–Kier alpha value is -0.830. The van der Waals surface area contributed by atoms with Crippen LogP contribution in [0.2, 0.25) is 0 Å². The van der Waals surface area contributed by atoms with Gasteiger partial charge in [0.2, 0.25) is 0 Å². The third-order valence-corrected chi connectivity index (χ3v) is 2.86. The van der Waals surface area contributed by atoms with Crippen LogP contribution in [0.4, 0.5) is 0 Å². The molecule has 0 radical (unpaired) electrons. The molecule has 0 spiro atoms. The number of ether oxygens (including phenoxy) is 1. The molecule has 0 saturated carbocycles. The summed E-state index contributed by atoms with van der Waals surface area (Å²) in [5, 5.41) is 10.3. The lowest BCUT2D eigenvalue weighted by atomic mass is 9.79. The predicted octanol–water partition coefficient (Wildman–Crippen LogP) is 1.90. The van der Waals surface area contributed by atoms with Crippen molar-refractivity contribution in [1.29, 1.82) is 0 Å². The van der Waals surface area contributed by atoms with Gasteiger partial charge in [0.1, 0.15) is 0 Å². The molecule has 0 heterocycles. The van der Waals surface area contributed by atoms with Crippen molar-refractivity contribution in [1.82, 2.24) is 0 Å². The molecule has 1 N–H and O–H groups in total. The van der Waals surface area contributed by atoms with Gasteiger partial charge in [0.25, 0.3) is 0 Å². The Labute approximate surface area is 91.1 Å². The maximum Gasteiger partial charge on any atom is 0.312 e. The van der Waals surface area contributed by atoms with E-state index >= 15 is 0 Å². The van der Waals surface area contributed by atoms with Crippen LogP contribution < -0.4 is 0 Å². The van der Waals surface area contributed by atoms with Gasteiger partial charge < -0.3 is 9.84 Å². The van der Waals surface area contributed by atoms with E-state index in [9.17, 15) is 9.90 Å². The summed E-state index contributed by atoms with van der Waals surface area (Å²) in [7, 11) is 0. The van der Waals surface area contributed by atoms with E-state index in [1.165, 1.54) is 0 Å². The number of carbonyl (C=O) groups is 1. The maximum absolute atomic E-state index is 11.8. The van der Waals surface area contributed by atoms with Gasteiger partial charge in [-0.05, 0) is 25.7 Å². The fourth-order valence-corrected chi connectivity index (χ4v) is 2.23. The minimum atomic E-state index is -1.000. The highest BCUT2D eigenvalue weighted by Gasteiger charge is 2.43. The lowest BCUT2D eigenvalue weighted by Gasteiger charge is -2.32. The van der Waals surface area contributed by atoms with Crippen molar-refractivity contribution in [2.45, 2.75) is 39.2 Å². The van der Waals surface area contributed by atoms with Crippen LogP contribution in [-0.4, -0.2) is 23.3 Å². The first-order chi connectivity index (χ1) is 7.01. The number of carbonyl (C=O) groups excluding carboxylic acids is 1. The van der Waals surface area contributed by atoms with E-state index in [0.29, 0.717) is 13.0 Å². The number of hydrogen-bond acceptors (Lipinski definition) is 3. The zero-order valence-electron chi connectivity index (χ0n) is 9.69. The molecule has 0 aromatic heterocycles. The topological polar surface area (TPSA) is 46.5 Å². The molecule has 0 bridgehead atoms. The number of aliphatic hydroxyl groups is 1. The molecule has 0 fully saturated rings. The largest absolute Gasteiger partial charge is 0.466 e. The zero-order chi connectivity index (χ0) is 11.5. The molecule has 3 nitrogen and oxygen atoms in total. The molecular formula is C12H20O3. The summed E-state index contributed by atoms with van der Waals surface area (Å²) in [6, 6.07) is 0. The van der Waals surface area contributed by atoms with Gasteiger partial charge in [0.05, 0.1) is 18.1 Å². The average Bonchev–Trinajstić information content (AvgIpc) is 2.52. The van der Waals surface area contributed by atoms with Crippen molar-refractivity contribution in [2.75, 3.05) is 6.61 Å². The SMILES string of the molecule is CCOC(=O)C(C(C)C)C1(O)C=CCC1. The Kier molecular flexibility index (Phi) is 3.91. The van der Waals surface area contributed by atoms with Gasteiger partial charge in [-0.25, -0.2) is 0 Å². The molecule has 15 heavy (non-hydrogen) atoms. The van der Waals surface area contributed by atoms with Crippen LogP contribution in [0.3, 0.4) is 0 Å². The third-order valence-electron chi connectivity index (χ3n) is 2.86. The van der Waals surface area contributed by atoms with E-state index in [1.807, 2.05) is 19.9 Å². The summed E-state index contributed by atoms with van der Waals surface area (Å²) in [5.74, 6) is -0.658. The lowest BCUT2D eigenvalue weighted by Crippen LogP contribution is -2.43. The summed E-state index contributed by atoms with van der Waals surface area (Å²) in [6.07, 6.45) is 5.12. The molecule has 0 aromatic rings. The monoisotopic (exact) mass is 212 g/mol. The third kappa shape index (κ3) is 2.59. The highest BCUT2D eigenvalue weighted by molar-refractivity contribution is 5.74. The van der Waals surface area contributed by atoms with Crippen molar-refractivity contribution in [2.24, 2.45) is 11.8 Å². The Balaban J connectivity index is 2.82. The van der Waals surface area contributed by atoms with Gasteiger partial charge in [-0.3, -0.25) is 4.79 Å². The van der Waals surface area contributed by atoms with Crippen LogP contribution in [0.25, 0.3) is 0 Å². The van der Waals surface area contributed by atoms with Gasteiger partial charge in [0.15, 0.2) is 0 Å². The first kappa shape index (κ1) is 12.2. The van der Waals surface area contributed by atoms with Crippen molar-refractivity contribution in [3.05, 3.63) is 12.2 Å². The van der Waals surface area contributed by atoms with Crippen LogP contribution in [0.15, 0.2) is 12.2 Å². The molecule has 0 aliphatic heterocycles. The molecule has 1 rings (SSSR count). The molecular weight excluding hydrogens is 192 g/mol. The van der Waals surface area contributed by atoms with Crippen molar-refractivity contribution in [3.63, 3.8) is 0 Å². The number of hydrogen-bond donors (Lipinski definition) is 1. The molecule has 0 amide bonds. The van der Waals surface area contributed by atoms with E-state index < -0.39 is 11.5 Å². The van der Waals surface area contributed by atoms with Crippen molar-refractivity contribution >= 4 is 5.97 Å². The Bertz CT molecular complexity index is 258. The standard InChI is InChI=1S/C12H20O3/c1-4-15-11(13)10(9(2)3)12(14)7-5-6-8-12/h5,7,9-10,14H,4,6,8H2,1-3H3. The van der Waals surface area contributed by atoms with E-state index in [2.05, 4.69) is 0 Å². The summed E-state index contributed by atoms with van der Waals surface area (Å²) >= 11 is 0. The second-order valence-electron chi connectivity index (χ2n) is 4.41. The zero-order valence-corrected chi connectivity index (χ0v) is 9.69. The highest BCUT2D eigenvalue weighted by Crippen LogP contribution is 2.35. The lowest BCUT2D eigenvalue weighted by molar-refractivity contribution is -0.158. The maximum atomic E-state index is 11.8. The van der Waals surface area contributed by atoms with Crippen LogP contribution in [0.1, 0.15) is 33.6 Å². The van der Waals surface area contributed by atoms with Gasteiger partial charge >= 0.3 is 5.97 Å². The number of esters is 1. The summed E-state index contributed by atoms with van der Waals surface area (Å²) < 4.78 is 5.01. The van der Waals surface area contributed by atoms with Crippen molar-refractivity contribution < 1.29 is 14.6 Å². The first-order valence-electron chi connectivity index (χ1n) is 5.58. The minimum Gasteiger partial charge on any atom is -0.466 e. The molecule has 2 unspecified atom stereocenters. The summed E-state index contributed by atoms with van der Waals surface area (Å²) in [5.41, 5.74) is -1.000. The quantitative estimate of drug-likeness (QED) is 0.572.